The molecule has 0 bridgehead atoms. The van der Waals surface area contributed by atoms with Gasteiger partial charge in [0.05, 0.1) is 12.1 Å². The standard InChI is InChI=1S/C30H24O8/c1-17(31)35-21-13-23(37-25(33)15-21)29-27(19-9-5-3-6-10-19)30(28(29)20-11-7-4-8-12-20)24-14-22(36-18(2)32)16-26(34)38-24/h3-16,27-30H,1-2H3. The third-order valence-corrected chi connectivity index (χ3v) is 6.62. The van der Waals surface area contributed by atoms with Crippen molar-refractivity contribution in [2.45, 2.75) is 37.5 Å². The van der Waals surface area contributed by atoms with Crippen LogP contribution < -0.4 is 20.7 Å². The van der Waals surface area contributed by atoms with E-state index in [1.54, 1.807) is 12.1 Å². The summed E-state index contributed by atoms with van der Waals surface area (Å²) in [7, 11) is 0. The van der Waals surface area contributed by atoms with E-state index in [1.807, 2.05) is 60.7 Å². The van der Waals surface area contributed by atoms with Crippen molar-refractivity contribution in [2.75, 3.05) is 0 Å². The van der Waals surface area contributed by atoms with Crippen molar-refractivity contribution in [3.05, 3.63) is 128 Å². The second-order valence-corrected chi connectivity index (χ2v) is 9.14. The highest BCUT2D eigenvalue weighted by molar-refractivity contribution is 5.69. The zero-order chi connectivity index (χ0) is 26.8. The number of carbonyl (C=O) groups is 2. The van der Waals surface area contributed by atoms with Crippen molar-refractivity contribution in [2.24, 2.45) is 0 Å². The molecule has 1 fully saturated rings. The summed E-state index contributed by atoms with van der Waals surface area (Å²) in [6.07, 6.45) is 0. The van der Waals surface area contributed by atoms with Crippen molar-refractivity contribution in [1.29, 1.82) is 0 Å². The summed E-state index contributed by atoms with van der Waals surface area (Å²) in [4.78, 5) is 48.2. The van der Waals surface area contributed by atoms with Crippen LogP contribution in [0.1, 0.15) is 60.2 Å². The molecular weight excluding hydrogens is 488 g/mol. The van der Waals surface area contributed by atoms with Gasteiger partial charge in [0.15, 0.2) is 0 Å². The van der Waals surface area contributed by atoms with Crippen LogP contribution in [-0.4, -0.2) is 11.9 Å². The third kappa shape index (κ3) is 5.06. The average molecular weight is 513 g/mol. The fourth-order valence-corrected chi connectivity index (χ4v) is 5.36. The first-order valence-electron chi connectivity index (χ1n) is 12.1. The van der Waals surface area contributed by atoms with E-state index in [4.69, 9.17) is 18.3 Å². The van der Waals surface area contributed by atoms with E-state index in [0.717, 1.165) is 23.3 Å². The quantitative estimate of drug-likeness (QED) is 0.336. The molecule has 0 N–H and O–H groups in total. The summed E-state index contributed by atoms with van der Waals surface area (Å²) in [6, 6.07) is 24.5. The van der Waals surface area contributed by atoms with Crippen LogP contribution in [0.25, 0.3) is 0 Å². The SMILES string of the molecule is CC(=O)Oc1cc(C2C(c3ccccc3)C(c3cc(OC(C)=O)cc(=O)o3)C2c2ccccc2)oc(=O)c1. The topological polar surface area (TPSA) is 113 Å². The van der Waals surface area contributed by atoms with E-state index in [2.05, 4.69) is 0 Å². The van der Waals surface area contributed by atoms with Gasteiger partial charge >= 0.3 is 23.2 Å². The molecule has 192 valence electrons. The normalized spacial score (nSPS) is 20.3. The molecule has 8 heteroatoms. The Morgan fingerprint density at radius 3 is 1.29 bits per heavy atom. The predicted octanol–water partition coefficient (Wildman–Crippen LogP) is 4.89. The van der Waals surface area contributed by atoms with Crippen LogP contribution in [0.4, 0.5) is 0 Å². The molecule has 1 aliphatic carbocycles. The van der Waals surface area contributed by atoms with E-state index in [0.29, 0.717) is 11.5 Å². The van der Waals surface area contributed by atoms with Crippen LogP contribution in [0.3, 0.4) is 0 Å². The lowest BCUT2D eigenvalue weighted by molar-refractivity contribution is -0.132. The molecule has 4 aromatic rings. The Balaban J connectivity index is 1.71. The predicted molar refractivity (Wildman–Crippen MR) is 136 cm³/mol. The van der Waals surface area contributed by atoms with E-state index in [9.17, 15) is 19.2 Å². The minimum Gasteiger partial charge on any atom is -0.427 e. The van der Waals surface area contributed by atoms with Crippen molar-refractivity contribution >= 4 is 11.9 Å². The summed E-state index contributed by atoms with van der Waals surface area (Å²) in [6.45, 7) is 2.51. The highest BCUT2D eigenvalue weighted by Gasteiger charge is 2.55. The van der Waals surface area contributed by atoms with Gasteiger partial charge in [0, 0.05) is 49.7 Å². The molecule has 1 aliphatic rings. The highest BCUT2D eigenvalue weighted by atomic mass is 16.5. The molecule has 5 rings (SSSR count). The van der Waals surface area contributed by atoms with Crippen LogP contribution in [0.5, 0.6) is 11.5 Å². The number of esters is 2. The Labute approximate surface area is 217 Å². The number of hydrogen-bond acceptors (Lipinski definition) is 8. The zero-order valence-corrected chi connectivity index (χ0v) is 20.7. The first-order valence-corrected chi connectivity index (χ1v) is 12.1. The number of ether oxygens (including phenoxy) is 2. The molecule has 0 radical (unpaired) electrons. The molecule has 1 saturated carbocycles. The number of rotatable bonds is 6. The molecule has 2 aromatic heterocycles. The van der Waals surface area contributed by atoms with Crippen molar-refractivity contribution < 1.29 is 27.9 Å². The lowest BCUT2D eigenvalue weighted by atomic mass is 9.51. The van der Waals surface area contributed by atoms with Gasteiger partial charge in [0.1, 0.15) is 23.0 Å². The molecule has 2 heterocycles. The third-order valence-electron chi connectivity index (χ3n) is 6.62. The Morgan fingerprint density at radius 2 is 0.947 bits per heavy atom. The maximum atomic E-state index is 12.5. The maximum absolute atomic E-state index is 12.5. The zero-order valence-electron chi connectivity index (χ0n) is 20.7. The van der Waals surface area contributed by atoms with Crippen molar-refractivity contribution in [3.8, 4) is 11.5 Å². The van der Waals surface area contributed by atoms with Crippen LogP contribution >= 0.6 is 0 Å². The summed E-state index contributed by atoms with van der Waals surface area (Å²) >= 11 is 0. The lowest BCUT2D eigenvalue weighted by Crippen LogP contribution is -2.40. The summed E-state index contributed by atoms with van der Waals surface area (Å²) in [5.41, 5.74) is 0.555. The van der Waals surface area contributed by atoms with Gasteiger partial charge < -0.3 is 18.3 Å². The van der Waals surface area contributed by atoms with E-state index in [-0.39, 0.29) is 35.2 Å². The van der Waals surface area contributed by atoms with Crippen molar-refractivity contribution in [3.63, 3.8) is 0 Å². The lowest BCUT2D eigenvalue weighted by Gasteiger charge is -2.51. The molecule has 8 nitrogen and oxygen atoms in total. The van der Waals surface area contributed by atoms with Crippen LogP contribution in [0.15, 0.2) is 103 Å². The highest BCUT2D eigenvalue weighted by Crippen LogP contribution is 2.66. The summed E-state index contributed by atoms with van der Waals surface area (Å²) < 4.78 is 21.8. The number of hydrogen-bond donors (Lipinski definition) is 0. The van der Waals surface area contributed by atoms with Gasteiger partial charge in [-0.15, -0.1) is 0 Å². The van der Waals surface area contributed by atoms with Gasteiger partial charge in [-0.1, -0.05) is 60.7 Å². The van der Waals surface area contributed by atoms with Crippen molar-refractivity contribution in [1.82, 2.24) is 0 Å². The summed E-state index contributed by atoms with van der Waals surface area (Å²) in [5, 5.41) is 0. The Bertz CT molecular complexity index is 1460. The first-order chi connectivity index (χ1) is 18.3. The Morgan fingerprint density at radius 1 is 0.579 bits per heavy atom. The number of benzene rings is 2. The molecule has 0 unspecified atom stereocenters. The molecule has 38 heavy (non-hydrogen) atoms. The van der Waals surface area contributed by atoms with Gasteiger partial charge in [-0.05, 0) is 11.1 Å². The van der Waals surface area contributed by atoms with E-state index < -0.39 is 23.2 Å². The fraction of sp³-hybridized carbons (Fsp3) is 0.200. The van der Waals surface area contributed by atoms with Crippen LogP contribution in [-0.2, 0) is 9.59 Å². The molecule has 2 aromatic carbocycles. The molecule has 0 amide bonds. The smallest absolute Gasteiger partial charge is 0.339 e. The first kappa shape index (κ1) is 25.0. The van der Waals surface area contributed by atoms with E-state index >= 15 is 0 Å². The fourth-order valence-electron chi connectivity index (χ4n) is 5.36. The minimum atomic E-state index is -0.649. The van der Waals surface area contributed by atoms with E-state index in [1.165, 1.54) is 13.8 Å². The van der Waals surface area contributed by atoms with Gasteiger partial charge in [-0.3, -0.25) is 9.59 Å². The maximum Gasteiger partial charge on any atom is 0.339 e. The Kier molecular flexibility index (Phi) is 6.79. The monoisotopic (exact) mass is 512 g/mol. The number of carbonyl (C=O) groups excluding carboxylic acids is 2. The molecule has 0 saturated heterocycles. The second-order valence-electron chi connectivity index (χ2n) is 9.14. The van der Waals surface area contributed by atoms with Gasteiger partial charge in [-0.25, -0.2) is 9.59 Å². The van der Waals surface area contributed by atoms with Crippen LogP contribution in [0.2, 0.25) is 0 Å². The average Bonchev–Trinajstić information content (AvgIpc) is 2.83. The largest absolute Gasteiger partial charge is 0.427 e. The molecule has 0 aliphatic heterocycles. The van der Waals surface area contributed by atoms with Gasteiger partial charge in [0.2, 0.25) is 0 Å². The van der Waals surface area contributed by atoms with Crippen LogP contribution in [0, 0.1) is 0 Å². The van der Waals surface area contributed by atoms with Gasteiger partial charge in [-0.2, -0.15) is 0 Å². The summed E-state index contributed by atoms with van der Waals surface area (Å²) in [5.74, 6) is -1.61. The molecular formula is C30H24O8. The molecule has 0 atom stereocenters. The Hall–Kier alpha value is -4.72. The van der Waals surface area contributed by atoms with Gasteiger partial charge in [0.25, 0.3) is 0 Å². The minimum absolute atomic E-state index is 0.0919. The molecule has 0 spiro atoms. The second kappa shape index (κ2) is 10.3.